The van der Waals surface area contributed by atoms with Gasteiger partial charge in [-0.15, -0.1) is 0 Å². The Morgan fingerprint density at radius 3 is 2.32 bits per heavy atom. The number of rotatable bonds is 13. The average molecular weight is 387 g/mol. The fraction of sp³-hybridized carbons (Fsp3) is 0.625. The summed E-state index contributed by atoms with van der Waals surface area (Å²) in [5, 5.41) is 4.42. The largest absolute Gasteiger partial charge is 0.361 e. The van der Waals surface area contributed by atoms with Crippen LogP contribution < -0.4 is 5.32 Å². The predicted octanol–water partition coefficient (Wildman–Crippen LogP) is 5.04. The number of hydrogen-bond donors (Lipinski definition) is 2. The van der Waals surface area contributed by atoms with E-state index in [0.29, 0.717) is 4.48 Å². The first kappa shape index (κ1) is 22.5. The van der Waals surface area contributed by atoms with Crippen LogP contribution in [0, 0.1) is 0 Å². The van der Waals surface area contributed by atoms with E-state index in [0.717, 1.165) is 24.9 Å². The number of benzene rings is 1. The van der Waals surface area contributed by atoms with Gasteiger partial charge in [0.15, 0.2) is 6.04 Å². The molecule has 2 rings (SSSR count). The lowest BCUT2D eigenvalue weighted by molar-refractivity contribution is -0.886. The molecule has 2 aromatic rings. The fourth-order valence-electron chi connectivity index (χ4n) is 3.82. The zero-order valence-corrected chi connectivity index (χ0v) is 18.4. The van der Waals surface area contributed by atoms with E-state index in [-0.39, 0.29) is 11.9 Å². The van der Waals surface area contributed by atoms with Crippen LogP contribution in [0.2, 0.25) is 0 Å². The van der Waals surface area contributed by atoms with E-state index >= 15 is 0 Å². The van der Waals surface area contributed by atoms with E-state index in [9.17, 15) is 4.79 Å². The normalized spacial score (nSPS) is 13.0. The molecule has 2 N–H and O–H groups in total. The molecule has 156 valence electrons. The van der Waals surface area contributed by atoms with Crippen molar-refractivity contribution in [3.63, 3.8) is 0 Å². The number of para-hydroxylation sites is 1. The molecule has 1 unspecified atom stereocenters. The molecule has 0 aliphatic heterocycles. The number of nitrogens with zero attached hydrogens (tertiary/aromatic N) is 1. The van der Waals surface area contributed by atoms with Crippen molar-refractivity contribution in [1.29, 1.82) is 0 Å². The lowest BCUT2D eigenvalue weighted by Crippen LogP contribution is -2.55. The van der Waals surface area contributed by atoms with Crippen molar-refractivity contribution in [3.05, 3.63) is 36.0 Å². The molecule has 4 heteroatoms. The maximum atomic E-state index is 12.9. The van der Waals surface area contributed by atoms with Crippen LogP contribution in [0.5, 0.6) is 0 Å². The van der Waals surface area contributed by atoms with E-state index in [1.54, 1.807) is 0 Å². The molecule has 1 atom stereocenters. The number of unbranched alkanes of at least 4 members (excludes halogenated alkanes) is 7. The quantitative estimate of drug-likeness (QED) is 0.367. The minimum absolute atomic E-state index is 0.0896. The number of nitrogens with one attached hydrogen (secondary N) is 2. The first-order valence-electron chi connectivity index (χ1n) is 11.1. The van der Waals surface area contributed by atoms with Gasteiger partial charge in [0.2, 0.25) is 0 Å². The Balaban J connectivity index is 1.80. The number of likely N-dealkylation sites (N-methyl/N-ethyl adjacent to an activating group) is 1. The first-order chi connectivity index (χ1) is 13.4. The van der Waals surface area contributed by atoms with Gasteiger partial charge in [-0.05, 0) is 18.1 Å². The van der Waals surface area contributed by atoms with Gasteiger partial charge >= 0.3 is 0 Å². The number of amides is 1. The number of hydrogen-bond acceptors (Lipinski definition) is 1. The summed E-state index contributed by atoms with van der Waals surface area (Å²) in [6.07, 6.45) is 13.1. The Labute approximate surface area is 171 Å². The molecule has 1 aromatic heterocycles. The van der Waals surface area contributed by atoms with Crippen LogP contribution in [0.15, 0.2) is 30.5 Å². The van der Waals surface area contributed by atoms with Crippen molar-refractivity contribution in [2.24, 2.45) is 0 Å². The van der Waals surface area contributed by atoms with Gasteiger partial charge in [0, 0.05) is 30.1 Å². The van der Waals surface area contributed by atoms with E-state index in [4.69, 9.17) is 0 Å². The Hall–Kier alpha value is -1.81. The monoisotopic (exact) mass is 386 g/mol. The van der Waals surface area contributed by atoms with Crippen LogP contribution in [-0.2, 0) is 11.2 Å². The Morgan fingerprint density at radius 1 is 1.00 bits per heavy atom. The van der Waals surface area contributed by atoms with Crippen LogP contribution in [0.3, 0.4) is 0 Å². The van der Waals surface area contributed by atoms with E-state index in [2.05, 4.69) is 62.8 Å². The predicted molar refractivity (Wildman–Crippen MR) is 119 cm³/mol. The molecule has 1 amide bonds. The highest BCUT2D eigenvalue weighted by Crippen LogP contribution is 2.21. The molecule has 0 bridgehead atoms. The summed E-state index contributed by atoms with van der Waals surface area (Å²) >= 11 is 0. The van der Waals surface area contributed by atoms with Crippen molar-refractivity contribution >= 4 is 16.8 Å². The average Bonchev–Trinajstić information content (AvgIpc) is 3.06. The molecule has 0 aliphatic rings. The van der Waals surface area contributed by atoms with Gasteiger partial charge in [-0.3, -0.25) is 4.79 Å². The fourth-order valence-corrected chi connectivity index (χ4v) is 3.82. The zero-order valence-electron chi connectivity index (χ0n) is 18.4. The van der Waals surface area contributed by atoms with Crippen molar-refractivity contribution in [2.75, 3.05) is 27.7 Å². The van der Waals surface area contributed by atoms with E-state index in [1.165, 1.54) is 55.9 Å². The molecule has 0 saturated heterocycles. The summed E-state index contributed by atoms with van der Waals surface area (Å²) in [6, 6.07) is 8.22. The summed E-state index contributed by atoms with van der Waals surface area (Å²) in [5.74, 6) is 0.167. The number of aromatic nitrogens is 1. The topological polar surface area (TPSA) is 44.9 Å². The second-order valence-electron chi connectivity index (χ2n) is 8.96. The van der Waals surface area contributed by atoms with Crippen LogP contribution in [0.25, 0.3) is 10.9 Å². The molecule has 0 radical (unpaired) electrons. The van der Waals surface area contributed by atoms with Gasteiger partial charge < -0.3 is 14.8 Å². The Kier molecular flexibility index (Phi) is 9.04. The van der Waals surface area contributed by atoms with Crippen molar-refractivity contribution in [2.45, 2.75) is 70.8 Å². The highest BCUT2D eigenvalue weighted by molar-refractivity contribution is 5.85. The third kappa shape index (κ3) is 6.97. The molecule has 4 nitrogen and oxygen atoms in total. The lowest BCUT2D eigenvalue weighted by atomic mass is 10.0. The maximum absolute atomic E-state index is 12.9. The van der Waals surface area contributed by atoms with Crippen LogP contribution >= 0.6 is 0 Å². The molecule has 28 heavy (non-hydrogen) atoms. The molecule has 0 aliphatic carbocycles. The SMILES string of the molecule is CCCCCCCCCCNC(=O)C(Cc1c[nH]c2ccccc12)[N+](C)(C)C. The van der Waals surface area contributed by atoms with Gasteiger partial charge in [-0.1, -0.05) is 70.1 Å². The number of carbonyl (C=O) groups is 1. The van der Waals surface area contributed by atoms with Gasteiger partial charge in [0.05, 0.1) is 21.1 Å². The summed E-state index contributed by atoms with van der Waals surface area (Å²) in [4.78, 5) is 16.3. The molecule has 1 aromatic carbocycles. The maximum Gasteiger partial charge on any atom is 0.278 e. The second kappa shape index (κ2) is 11.3. The smallest absolute Gasteiger partial charge is 0.278 e. The number of quaternary nitrogens is 1. The van der Waals surface area contributed by atoms with Gasteiger partial charge in [0.25, 0.3) is 5.91 Å². The summed E-state index contributed by atoms with van der Waals surface area (Å²) < 4.78 is 0.628. The van der Waals surface area contributed by atoms with Crippen molar-refractivity contribution in [1.82, 2.24) is 10.3 Å². The van der Waals surface area contributed by atoms with Gasteiger partial charge in [-0.25, -0.2) is 0 Å². The number of aromatic amines is 1. The molecule has 0 fully saturated rings. The summed E-state index contributed by atoms with van der Waals surface area (Å²) in [6.45, 7) is 3.04. The van der Waals surface area contributed by atoms with E-state index in [1.807, 2.05) is 6.07 Å². The molecule has 0 spiro atoms. The standard InChI is InChI=1S/C24H39N3O/c1-5-6-7-8-9-10-11-14-17-25-24(28)23(27(2,3)4)18-20-19-26-22-16-13-12-15-21(20)22/h12-13,15-16,19,23,26H,5-11,14,17-18H2,1-4H3/p+1. The van der Waals surface area contributed by atoms with E-state index < -0.39 is 0 Å². The van der Waals surface area contributed by atoms with Gasteiger partial charge in [-0.2, -0.15) is 0 Å². The number of carbonyl (C=O) groups excluding carboxylic acids is 1. The number of H-pyrrole nitrogens is 1. The lowest BCUT2D eigenvalue weighted by Gasteiger charge is -2.33. The third-order valence-corrected chi connectivity index (χ3v) is 5.66. The molecule has 0 saturated carbocycles. The van der Waals surface area contributed by atoms with Crippen LogP contribution in [0.4, 0.5) is 0 Å². The van der Waals surface area contributed by atoms with Crippen LogP contribution in [-0.4, -0.2) is 49.1 Å². The van der Waals surface area contributed by atoms with Crippen molar-refractivity contribution < 1.29 is 9.28 Å². The molecule has 1 heterocycles. The molecular weight excluding hydrogens is 346 g/mol. The highest BCUT2D eigenvalue weighted by Gasteiger charge is 2.32. The highest BCUT2D eigenvalue weighted by atomic mass is 16.2. The summed E-state index contributed by atoms with van der Waals surface area (Å²) in [7, 11) is 6.32. The minimum atomic E-state index is -0.0896. The van der Waals surface area contributed by atoms with Gasteiger partial charge in [0.1, 0.15) is 0 Å². The van der Waals surface area contributed by atoms with Crippen LogP contribution in [0.1, 0.15) is 63.9 Å². The minimum Gasteiger partial charge on any atom is -0.361 e. The van der Waals surface area contributed by atoms with Crippen molar-refractivity contribution in [3.8, 4) is 0 Å². The zero-order chi connectivity index (χ0) is 20.4. The number of fused-ring (bicyclic) bond motifs is 1. The second-order valence-corrected chi connectivity index (χ2v) is 8.96. The first-order valence-corrected chi connectivity index (χ1v) is 11.1. The third-order valence-electron chi connectivity index (χ3n) is 5.66. The summed E-state index contributed by atoms with van der Waals surface area (Å²) in [5.41, 5.74) is 2.35. The Morgan fingerprint density at radius 2 is 1.64 bits per heavy atom. The Bertz CT molecular complexity index is 714. The molecular formula is C24H40N3O+.